The van der Waals surface area contributed by atoms with Gasteiger partial charge in [-0.25, -0.2) is 0 Å². The Balaban J connectivity index is 1.41. The van der Waals surface area contributed by atoms with Gasteiger partial charge in [-0.1, -0.05) is 135 Å². The Morgan fingerprint density at radius 3 is 1.76 bits per heavy atom. The lowest BCUT2D eigenvalue weighted by molar-refractivity contribution is 0.242. The Bertz CT molecular complexity index is 1450. The lowest BCUT2D eigenvalue weighted by atomic mass is 9.65. The molecular formula is C41H52. The van der Waals surface area contributed by atoms with Crippen molar-refractivity contribution in [3.8, 4) is 11.1 Å². The molecule has 0 N–H and O–H groups in total. The van der Waals surface area contributed by atoms with E-state index in [1.165, 1.54) is 47.9 Å². The van der Waals surface area contributed by atoms with Gasteiger partial charge in [0.25, 0.3) is 0 Å². The van der Waals surface area contributed by atoms with Crippen molar-refractivity contribution >= 4 is 0 Å². The maximum Gasteiger partial charge on any atom is 0.0196 e. The zero-order valence-corrected chi connectivity index (χ0v) is 27.4. The number of hydrogen-bond donors (Lipinski definition) is 0. The first-order valence-electron chi connectivity index (χ1n) is 16.5. The van der Waals surface area contributed by atoms with Crippen LogP contribution in [0, 0.1) is 34.5 Å². The summed E-state index contributed by atoms with van der Waals surface area (Å²) >= 11 is 0. The van der Waals surface area contributed by atoms with Crippen molar-refractivity contribution in [2.45, 2.75) is 112 Å². The Morgan fingerprint density at radius 1 is 0.707 bits per heavy atom. The fraction of sp³-hybridized carbons (Fsp3) is 0.561. The number of rotatable bonds is 2. The summed E-state index contributed by atoms with van der Waals surface area (Å²) in [5.41, 5.74) is 14.8. The third kappa shape index (κ3) is 4.13. The molecule has 0 saturated heterocycles. The number of hydrogen-bond acceptors (Lipinski definition) is 0. The first-order valence-corrected chi connectivity index (χ1v) is 16.5. The van der Waals surface area contributed by atoms with Crippen LogP contribution < -0.4 is 0 Å². The normalized spacial score (nSPS) is 30.7. The highest BCUT2D eigenvalue weighted by molar-refractivity contribution is 5.81. The van der Waals surface area contributed by atoms with Crippen LogP contribution in [-0.2, 0) is 10.8 Å². The average molecular weight is 545 g/mol. The summed E-state index contributed by atoms with van der Waals surface area (Å²) in [6.07, 6.45) is 13.1. The molecule has 5 aliphatic rings. The van der Waals surface area contributed by atoms with E-state index >= 15 is 0 Å². The van der Waals surface area contributed by atoms with Gasteiger partial charge in [-0.3, -0.25) is 0 Å². The maximum absolute atomic E-state index is 2.70. The van der Waals surface area contributed by atoms with Crippen molar-refractivity contribution in [3.05, 3.63) is 93.6 Å². The largest absolute Gasteiger partial charge is 0.0851 e. The molecule has 5 unspecified atom stereocenters. The van der Waals surface area contributed by atoms with Gasteiger partial charge in [0.2, 0.25) is 0 Å². The van der Waals surface area contributed by atoms with E-state index in [2.05, 4.69) is 124 Å². The van der Waals surface area contributed by atoms with Gasteiger partial charge in [0.15, 0.2) is 0 Å². The van der Waals surface area contributed by atoms with Crippen LogP contribution in [-0.4, -0.2) is 0 Å². The van der Waals surface area contributed by atoms with Crippen molar-refractivity contribution in [2.24, 2.45) is 34.5 Å². The zero-order valence-electron chi connectivity index (χ0n) is 27.4. The van der Waals surface area contributed by atoms with E-state index in [9.17, 15) is 0 Å². The molecule has 0 heteroatoms. The lowest BCUT2D eigenvalue weighted by Crippen LogP contribution is -2.28. The van der Waals surface area contributed by atoms with E-state index in [1.54, 1.807) is 22.3 Å². The van der Waals surface area contributed by atoms with Crippen LogP contribution in [0.2, 0.25) is 0 Å². The highest BCUT2D eigenvalue weighted by Crippen LogP contribution is 2.67. The number of allylic oxidation sites excluding steroid dienone is 6. The minimum Gasteiger partial charge on any atom is -0.0851 e. The Hall–Kier alpha value is -2.34. The molecule has 1 saturated carbocycles. The molecule has 2 aromatic carbocycles. The van der Waals surface area contributed by atoms with Gasteiger partial charge in [-0.15, -0.1) is 0 Å². The minimum absolute atomic E-state index is 0.116. The Morgan fingerprint density at radius 2 is 1.29 bits per heavy atom. The van der Waals surface area contributed by atoms with Crippen LogP contribution in [0.25, 0.3) is 11.1 Å². The Kier molecular flexibility index (Phi) is 5.77. The fourth-order valence-electron chi connectivity index (χ4n) is 9.49. The van der Waals surface area contributed by atoms with Gasteiger partial charge in [0, 0.05) is 11.3 Å². The molecule has 2 bridgehead atoms. The number of fused-ring (bicyclic) bond motifs is 5. The van der Waals surface area contributed by atoms with Crippen LogP contribution in [0.5, 0.6) is 0 Å². The molecular weight excluding hydrogens is 492 g/mol. The molecule has 5 atom stereocenters. The van der Waals surface area contributed by atoms with Crippen molar-refractivity contribution < 1.29 is 0 Å². The predicted molar refractivity (Wildman–Crippen MR) is 175 cm³/mol. The van der Waals surface area contributed by atoms with Crippen LogP contribution in [0.3, 0.4) is 0 Å². The van der Waals surface area contributed by atoms with E-state index < -0.39 is 0 Å². The maximum atomic E-state index is 2.70. The zero-order chi connectivity index (χ0) is 29.3. The molecule has 0 amide bonds. The molecule has 2 aromatic rings. The molecule has 41 heavy (non-hydrogen) atoms. The SMILES string of the molecule is CC(C)(C)C1=CC2=C(C1)C(C1CC3C=CC1C3)CC2(C)C1c2ccc(C(C)(C)C)cc2-c2cc(C(C)(C)C)ccc21. The van der Waals surface area contributed by atoms with Gasteiger partial charge in [-0.2, -0.15) is 0 Å². The van der Waals surface area contributed by atoms with E-state index in [-0.39, 0.29) is 21.7 Å². The summed E-state index contributed by atoms with van der Waals surface area (Å²) in [7, 11) is 0. The summed E-state index contributed by atoms with van der Waals surface area (Å²) in [5.74, 6) is 3.59. The van der Waals surface area contributed by atoms with E-state index in [1.807, 2.05) is 5.57 Å². The second kappa shape index (κ2) is 8.61. The molecule has 0 nitrogen and oxygen atoms in total. The highest BCUT2D eigenvalue weighted by Gasteiger charge is 2.55. The summed E-state index contributed by atoms with van der Waals surface area (Å²) in [5, 5.41) is 0. The molecule has 216 valence electrons. The molecule has 0 spiro atoms. The van der Waals surface area contributed by atoms with Crippen LogP contribution in [0.15, 0.2) is 71.3 Å². The predicted octanol–water partition coefficient (Wildman–Crippen LogP) is 11.3. The second-order valence-electron chi connectivity index (χ2n) is 17.7. The van der Waals surface area contributed by atoms with Gasteiger partial charge >= 0.3 is 0 Å². The molecule has 5 aliphatic carbocycles. The molecule has 0 radical (unpaired) electrons. The first kappa shape index (κ1) is 27.5. The topological polar surface area (TPSA) is 0 Å². The van der Waals surface area contributed by atoms with Crippen molar-refractivity contribution in [1.29, 1.82) is 0 Å². The van der Waals surface area contributed by atoms with Crippen LogP contribution >= 0.6 is 0 Å². The third-order valence-electron chi connectivity index (χ3n) is 12.0. The van der Waals surface area contributed by atoms with Crippen molar-refractivity contribution in [3.63, 3.8) is 0 Å². The highest BCUT2D eigenvalue weighted by atomic mass is 14.6. The molecule has 0 aromatic heterocycles. The fourth-order valence-corrected chi connectivity index (χ4v) is 9.49. The quantitative estimate of drug-likeness (QED) is 0.330. The molecule has 1 fully saturated rings. The van der Waals surface area contributed by atoms with Gasteiger partial charge < -0.3 is 0 Å². The summed E-state index contributed by atoms with van der Waals surface area (Å²) in [6.45, 7) is 24.1. The van der Waals surface area contributed by atoms with E-state index in [4.69, 9.17) is 0 Å². The lowest BCUT2D eigenvalue weighted by Gasteiger charge is -2.38. The molecule has 7 rings (SSSR count). The van der Waals surface area contributed by atoms with E-state index in [0.29, 0.717) is 5.92 Å². The smallest absolute Gasteiger partial charge is 0.0196 e. The molecule has 0 heterocycles. The summed E-state index contributed by atoms with van der Waals surface area (Å²) in [6, 6.07) is 15.0. The van der Waals surface area contributed by atoms with Crippen molar-refractivity contribution in [1.82, 2.24) is 0 Å². The standard InChI is InChI=1S/C41H52/c1-38(2,3)26-13-15-29-32(19-26)33-20-27(39(4,5)6)14-16-30(33)37(29)41(10)23-35(31-18-24-11-12-25(31)17-24)34-21-28(22-36(34)41)40(7,8)9/h11-16,19-20,22,24-25,31,35,37H,17-18,21,23H2,1-10H3. The van der Waals surface area contributed by atoms with E-state index in [0.717, 1.165) is 23.7 Å². The van der Waals surface area contributed by atoms with Crippen LogP contribution in [0.1, 0.15) is 123 Å². The minimum atomic E-state index is 0.116. The second-order valence-corrected chi connectivity index (χ2v) is 17.7. The monoisotopic (exact) mass is 544 g/mol. The summed E-state index contributed by atoms with van der Waals surface area (Å²) in [4.78, 5) is 0. The third-order valence-corrected chi connectivity index (χ3v) is 12.0. The average Bonchev–Trinajstić information content (AvgIpc) is 3.68. The van der Waals surface area contributed by atoms with Gasteiger partial charge in [0.05, 0.1) is 0 Å². The van der Waals surface area contributed by atoms with Crippen molar-refractivity contribution in [2.75, 3.05) is 0 Å². The van der Waals surface area contributed by atoms with Gasteiger partial charge in [-0.05, 0) is 105 Å². The van der Waals surface area contributed by atoms with Crippen LogP contribution in [0.4, 0.5) is 0 Å². The Labute approximate surface area is 250 Å². The van der Waals surface area contributed by atoms with Gasteiger partial charge in [0.1, 0.15) is 0 Å². The number of benzene rings is 2. The summed E-state index contributed by atoms with van der Waals surface area (Å²) < 4.78 is 0. The molecule has 0 aliphatic heterocycles. The first-order chi connectivity index (χ1) is 19.1.